The smallest absolute Gasteiger partial charge is 0.0490 e. The van der Waals surface area contributed by atoms with Crippen LogP contribution in [0, 0.1) is 0 Å². The van der Waals surface area contributed by atoms with E-state index in [0.717, 1.165) is 28.3 Å². The van der Waals surface area contributed by atoms with E-state index in [9.17, 15) is 0 Å². The number of halogens is 2. The van der Waals surface area contributed by atoms with Crippen LogP contribution in [-0.4, -0.2) is 10.2 Å². The number of rotatable bonds is 4. The van der Waals surface area contributed by atoms with Crippen molar-refractivity contribution in [2.45, 2.75) is 13.1 Å². The molecule has 0 unspecified atom stereocenters. The van der Waals surface area contributed by atoms with E-state index < -0.39 is 0 Å². The molecular formula is C11H11BrClN3. The Kier molecular flexibility index (Phi) is 3.98. The van der Waals surface area contributed by atoms with Gasteiger partial charge in [0.15, 0.2) is 0 Å². The van der Waals surface area contributed by atoms with E-state index in [-0.39, 0.29) is 0 Å². The number of nitrogens with one attached hydrogen (secondary N) is 2. The minimum Gasteiger partial charge on any atom is -0.307 e. The molecule has 0 saturated carbocycles. The highest BCUT2D eigenvalue weighted by Crippen LogP contribution is 2.21. The van der Waals surface area contributed by atoms with Crippen LogP contribution < -0.4 is 5.32 Å². The summed E-state index contributed by atoms with van der Waals surface area (Å²) in [5, 5.41) is 10.8. The van der Waals surface area contributed by atoms with Crippen molar-refractivity contribution in [1.82, 2.24) is 15.5 Å². The normalized spacial score (nSPS) is 10.6. The summed E-state index contributed by atoms with van der Waals surface area (Å²) in [6.45, 7) is 1.56. The number of hydrogen-bond donors (Lipinski definition) is 2. The average molecular weight is 301 g/mol. The zero-order chi connectivity index (χ0) is 11.4. The first-order chi connectivity index (χ1) is 7.75. The van der Waals surface area contributed by atoms with Crippen molar-refractivity contribution in [1.29, 1.82) is 0 Å². The molecule has 16 heavy (non-hydrogen) atoms. The molecule has 1 aromatic heterocycles. The lowest BCUT2D eigenvalue weighted by atomic mass is 10.2. The largest absolute Gasteiger partial charge is 0.307 e. The standard InChI is InChI=1S/C11H11BrClN3/c12-11-5-9(13)2-1-8(11)6-14-7-10-3-4-15-16-10/h1-5,14H,6-7H2,(H,15,16). The molecule has 0 bridgehead atoms. The lowest BCUT2D eigenvalue weighted by Gasteiger charge is -2.06. The Morgan fingerprint density at radius 1 is 1.31 bits per heavy atom. The molecule has 0 spiro atoms. The van der Waals surface area contributed by atoms with Gasteiger partial charge in [-0.15, -0.1) is 0 Å². The summed E-state index contributed by atoms with van der Waals surface area (Å²) in [5.41, 5.74) is 2.26. The Bertz CT molecular complexity index is 456. The molecular weight excluding hydrogens is 289 g/mol. The third-order valence-corrected chi connectivity index (χ3v) is 3.18. The Balaban J connectivity index is 1.90. The number of aromatic nitrogens is 2. The van der Waals surface area contributed by atoms with Crippen molar-refractivity contribution >= 4 is 27.5 Å². The van der Waals surface area contributed by atoms with Gasteiger partial charge in [0.05, 0.1) is 0 Å². The van der Waals surface area contributed by atoms with Crippen molar-refractivity contribution in [3.05, 3.63) is 51.2 Å². The summed E-state index contributed by atoms with van der Waals surface area (Å²) in [6, 6.07) is 7.74. The van der Waals surface area contributed by atoms with Crippen molar-refractivity contribution in [2.24, 2.45) is 0 Å². The summed E-state index contributed by atoms with van der Waals surface area (Å²) < 4.78 is 1.03. The van der Waals surface area contributed by atoms with E-state index in [1.54, 1.807) is 6.20 Å². The Morgan fingerprint density at radius 3 is 2.88 bits per heavy atom. The van der Waals surface area contributed by atoms with Gasteiger partial charge in [0.1, 0.15) is 0 Å². The van der Waals surface area contributed by atoms with Crippen molar-refractivity contribution in [3.63, 3.8) is 0 Å². The highest BCUT2D eigenvalue weighted by atomic mass is 79.9. The van der Waals surface area contributed by atoms with Gasteiger partial charge in [0.25, 0.3) is 0 Å². The van der Waals surface area contributed by atoms with Gasteiger partial charge in [-0.25, -0.2) is 0 Å². The summed E-state index contributed by atoms with van der Waals surface area (Å²) >= 11 is 9.35. The fourth-order valence-electron chi connectivity index (χ4n) is 1.38. The number of benzene rings is 1. The molecule has 0 aliphatic heterocycles. The molecule has 5 heteroatoms. The van der Waals surface area contributed by atoms with Gasteiger partial charge in [-0.1, -0.05) is 33.6 Å². The summed E-state index contributed by atoms with van der Waals surface area (Å²) in [6.07, 6.45) is 1.75. The van der Waals surface area contributed by atoms with Gasteiger partial charge >= 0.3 is 0 Å². The minimum atomic E-state index is 0.740. The van der Waals surface area contributed by atoms with Crippen LogP contribution in [0.1, 0.15) is 11.3 Å². The van der Waals surface area contributed by atoms with Crippen LogP contribution in [0.3, 0.4) is 0 Å². The van der Waals surface area contributed by atoms with Crippen LogP contribution in [0.5, 0.6) is 0 Å². The Labute approximate surface area is 107 Å². The van der Waals surface area contributed by atoms with E-state index >= 15 is 0 Å². The second-order valence-corrected chi connectivity index (χ2v) is 4.71. The molecule has 0 aliphatic carbocycles. The van der Waals surface area contributed by atoms with E-state index in [1.807, 2.05) is 24.3 Å². The van der Waals surface area contributed by atoms with Crippen LogP contribution in [0.2, 0.25) is 5.02 Å². The summed E-state index contributed by atoms with van der Waals surface area (Å²) in [5.74, 6) is 0. The van der Waals surface area contributed by atoms with Gasteiger partial charge in [-0.2, -0.15) is 5.10 Å². The third kappa shape index (κ3) is 3.07. The first kappa shape index (κ1) is 11.6. The number of aromatic amines is 1. The predicted molar refractivity (Wildman–Crippen MR) is 68.3 cm³/mol. The summed E-state index contributed by atoms with van der Waals surface area (Å²) in [7, 11) is 0. The van der Waals surface area contributed by atoms with Crippen LogP contribution in [-0.2, 0) is 13.1 Å². The summed E-state index contributed by atoms with van der Waals surface area (Å²) in [4.78, 5) is 0. The fourth-order valence-corrected chi connectivity index (χ4v) is 2.20. The number of nitrogens with zero attached hydrogens (tertiary/aromatic N) is 1. The molecule has 0 aliphatic rings. The molecule has 2 aromatic rings. The van der Waals surface area contributed by atoms with Crippen LogP contribution in [0.15, 0.2) is 34.9 Å². The molecule has 0 atom stereocenters. The lowest BCUT2D eigenvalue weighted by Crippen LogP contribution is -2.13. The molecule has 2 N–H and O–H groups in total. The number of hydrogen-bond acceptors (Lipinski definition) is 2. The molecule has 2 rings (SSSR count). The van der Waals surface area contributed by atoms with Crippen molar-refractivity contribution < 1.29 is 0 Å². The highest BCUT2D eigenvalue weighted by Gasteiger charge is 2.00. The molecule has 84 valence electrons. The monoisotopic (exact) mass is 299 g/mol. The SMILES string of the molecule is Clc1ccc(CNCc2ccn[nH]2)c(Br)c1. The quantitative estimate of drug-likeness (QED) is 0.911. The molecule has 0 fully saturated rings. The molecule has 1 heterocycles. The Hall–Kier alpha value is -0.840. The first-order valence-electron chi connectivity index (χ1n) is 4.88. The van der Waals surface area contributed by atoms with Crippen LogP contribution >= 0.6 is 27.5 Å². The van der Waals surface area contributed by atoms with Gasteiger partial charge < -0.3 is 5.32 Å². The minimum absolute atomic E-state index is 0.740. The maximum absolute atomic E-state index is 5.87. The van der Waals surface area contributed by atoms with Gasteiger partial charge in [0, 0.05) is 34.5 Å². The second-order valence-electron chi connectivity index (χ2n) is 3.42. The first-order valence-corrected chi connectivity index (χ1v) is 6.05. The van der Waals surface area contributed by atoms with Crippen LogP contribution in [0.4, 0.5) is 0 Å². The molecule has 3 nitrogen and oxygen atoms in total. The van der Waals surface area contributed by atoms with Gasteiger partial charge in [-0.05, 0) is 23.8 Å². The average Bonchev–Trinajstić information content (AvgIpc) is 2.74. The topological polar surface area (TPSA) is 40.7 Å². The fraction of sp³-hybridized carbons (Fsp3) is 0.182. The van der Waals surface area contributed by atoms with E-state index in [1.165, 1.54) is 5.56 Å². The molecule has 0 saturated heterocycles. The van der Waals surface area contributed by atoms with E-state index in [4.69, 9.17) is 11.6 Å². The van der Waals surface area contributed by atoms with Crippen molar-refractivity contribution in [3.8, 4) is 0 Å². The molecule has 0 amide bonds. The molecule has 1 aromatic carbocycles. The number of H-pyrrole nitrogens is 1. The van der Waals surface area contributed by atoms with Crippen molar-refractivity contribution in [2.75, 3.05) is 0 Å². The second kappa shape index (κ2) is 5.48. The molecule has 0 radical (unpaired) electrons. The zero-order valence-electron chi connectivity index (χ0n) is 8.50. The van der Waals surface area contributed by atoms with Gasteiger partial charge in [0.2, 0.25) is 0 Å². The van der Waals surface area contributed by atoms with E-state index in [0.29, 0.717) is 0 Å². The highest BCUT2D eigenvalue weighted by molar-refractivity contribution is 9.10. The zero-order valence-corrected chi connectivity index (χ0v) is 10.8. The van der Waals surface area contributed by atoms with Crippen LogP contribution in [0.25, 0.3) is 0 Å². The Morgan fingerprint density at radius 2 is 2.19 bits per heavy atom. The maximum atomic E-state index is 5.87. The predicted octanol–water partition coefficient (Wildman–Crippen LogP) is 3.12. The van der Waals surface area contributed by atoms with E-state index in [2.05, 4.69) is 31.4 Å². The third-order valence-electron chi connectivity index (χ3n) is 2.20. The lowest BCUT2D eigenvalue weighted by molar-refractivity contribution is 0.676. The maximum Gasteiger partial charge on any atom is 0.0490 e. The van der Waals surface area contributed by atoms with Gasteiger partial charge in [-0.3, -0.25) is 5.10 Å².